The van der Waals surface area contributed by atoms with Gasteiger partial charge < -0.3 is 5.32 Å². The van der Waals surface area contributed by atoms with Gasteiger partial charge in [-0.2, -0.15) is 0 Å². The number of rotatable bonds is 1. The number of nitrogens with one attached hydrogen (secondary N) is 1. The Kier molecular flexibility index (Phi) is 2.55. The molecule has 1 N–H and O–H groups in total. The molecular weight excluding hydrogens is 236 g/mol. The highest BCUT2D eigenvalue weighted by molar-refractivity contribution is 6.12. The molecule has 0 radical (unpaired) electrons. The maximum absolute atomic E-state index is 12.4. The Balaban J connectivity index is 1.53. The Labute approximate surface area is 115 Å². The number of carbonyl (C=O) groups excluding carboxylic acids is 1. The second-order valence-electron chi connectivity index (χ2n) is 7.31. The number of ketones is 1. The van der Waals surface area contributed by atoms with Crippen molar-refractivity contribution in [2.75, 3.05) is 0 Å². The van der Waals surface area contributed by atoms with Gasteiger partial charge in [0.05, 0.1) is 18.0 Å². The van der Waals surface area contributed by atoms with Crippen molar-refractivity contribution in [3.8, 4) is 0 Å². The maximum atomic E-state index is 12.4. The lowest BCUT2D eigenvalue weighted by Gasteiger charge is -2.27. The first-order valence-corrected chi connectivity index (χ1v) is 8.05. The van der Waals surface area contributed by atoms with Crippen LogP contribution in [0.1, 0.15) is 58.3 Å². The van der Waals surface area contributed by atoms with Crippen LogP contribution in [0.15, 0.2) is 4.99 Å². The zero-order valence-corrected chi connectivity index (χ0v) is 11.8. The SMILES string of the molecule is CC1CCCC12NC(=N[C@H]1C[C@@H]3CC[C@H]1C3)CC2=O. The Morgan fingerprint density at radius 1 is 1.26 bits per heavy atom. The lowest BCUT2D eigenvalue weighted by Crippen LogP contribution is -2.48. The van der Waals surface area contributed by atoms with Gasteiger partial charge in [-0.3, -0.25) is 9.79 Å². The molecule has 3 aliphatic carbocycles. The van der Waals surface area contributed by atoms with E-state index in [2.05, 4.69) is 12.2 Å². The summed E-state index contributed by atoms with van der Waals surface area (Å²) >= 11 is 0. The third kappa shape index (κ3) is 1.70. The van der Waals surface area contributed by atoms with Crippen molar-refractivity contribution in [3.63, 3.8) is 0 Å². The van der Waals surface area contributed by atoms with Crippen LogP contribution in [0.4, 0.5) is 0 Å². The number of carbonyl (C=O) groups is 1. The minimum atomic E-state index is -0.240. The van der Waals surface area contributed by atoms with Crippen LogP contribution in [0.25, 0.3) is 0 Å². The molecule has 0 aromatic carbocycles. The van der Waals surface area contributed by atoms with Crippen molar-refractivity contribution in [3.05, 3.63) is 0 Å². The molecule has 0 aromatic rings. The fraction of sp³-hybridized carbons (Fsp3) is 0.875. The van der Waals surface area contributed by atoms with Gasteiger partial charge in [-0.25, -0.2) is 0 Å². The summed E-state index contributed by atoms with van der Waals surface area (Å²) in [5, 5.41) is 3.55. The lowest BCUT2D eigenvalue weighted by atomic mass is 9.86. The maximum Gasteiger partial charge on any atom is 0.165 e. The largest absolute Gasteiger partial charge is 0.361 e. The number of hydrogen-bond donors (Lipinski definition) is 1. The molecule has 1 saturated heterocycles. The molecule has 4 rings (SSSR count). The summed E-state index contributed by atoms with van der Waals surface area (Å²) in [6.07, 6.45) is 9.38. The summed E-state index contributed by atoms with van der Waals surface area (Å²) < 4.78 is 0. The summed E-state index contributed by atoms with van der Waals surface area (Å²) in [5.41, 5.74) is -0.240. The van der Waals surface area contributed by atoms with Gasteiger partial charge in [0.15, 0.2) is 5.78 Å². The van der Waals surface area contributed by atoms with Crippen LogP contribution >= 0.6 is 0 Å². The zero-order valence-electron chi connectivity index (χ0n) is 11.8. The quantitative estimate of drug-likeness (QED) is 0.787. The minimum Gasteiger partial charge on any atom is -0.361 e. The van der Waals surface area contributed by atoms with Crippen molar-refractivity contribution in [2.45, 2.75) is 69.9 Å². The third-order valence-corrected chi connectivity index (χ3v) is 6.26. The lowest BCUT2D eigenvalue weighted by molar-refractivity contribution is -0.123. The van der Waals surface area contributed by atoms with Gasteiger partial charge >= 0.3 is 0 Å². The van der Waals surface area contributed by atoms with Gasteiger partial charge in [0.1, 0.15) is 5.84 Å². The van der Waals surface area contributed by atoms with E-state index >= 15 is 0 Å². The summed E-state index contributed by atoms with van der Waals surface area (Å²) in [5.74, 6) is 3.63. The van der Waals surface area contributed by atoms with Crippen LogP contribution < -0.4 is 5.32 Å². The molecule has 1 heterocycles. The first-order chi connectivity index (χ1) is 9.17. The second kappa shape index (κ2) is 4.07. The molecular formula is C16H24N2O. The van der Waals surface area contributed by atoms with E-state index in [9.17, 15) is 4.79 Å². The van der Waals surface area contributed by atoms with E-state index in [1.165, 1.54) is 38.5 Å². The minimum absolute atomic E-state index is 0.240. The predicted octanol–water partition coefficient (Wildman–Crippen LogP) is 2.69. The molecule has 1 aliphatic heterocycles. The highest BCUT2D eigenvalue weighted by Crippen LogP contribution is 2.46. The average molecular weight is 260 g/mol. The number of fused-ring (bicyclic) bond motifs is 2. The van der Waals surface area contributed by atoms with Gasteiger partial charge in [0, 0.05) is 0 Å². The average Bonchev–Trinajstić information content (AvgIpc) is 3.10. The Hall–Kier alpha value is -0.860. The van der Waals surface area contributed by atoms with Gasteiger partial charge in [0.25, 0.3) is 0 Å². The van der Waals surface area contributed by atoms with Crippen molar-refractivity contribution in [1.82, 2.24) is 5.32 Å². The Morgan fingerprint density at radius 3 is 2.79 bits per heavy atom. The van der Waals surface area contributed by atoms with Gasteiger partial charge in [-0.1, -0.05) is 19.8 Å². The fourth-order valence-electron chi connectivity index (χ4n) is 5.11. The van der Waals surface area contributed by atoms with Gasteiger partial charge in [-0.15, -0.1) is 0 Å². The normalized spacial score (nSPS) is 50.6. The molecule has 19 heavy (non-hydrogen) atoms. The summed E-state index contributed by atoms with van der Waals surface area (Å²) in [4.78, 5) is 17.4. The number of nitrogens with zero attached hydrogens (tertiary/aromatic N) is 1. The van der Waals surface area contributed by atoms with E-state index in [1.807, 2.05) is 0 Å². The summed E-state index contributed by atoms with van der Waals surface area (Å²) in [6, 6.07) is 0.515. The highest BCUT2D eigenvalue weighted by Gasteiger charge is 2.51. The predicted molar refractivity (Wildman–Crippen MR) is 75.2 cm³/mol. The molecule has 2 unspecified atom stereocenters. The molecule has 2 bridgehead atoms. The topological polar surface area (TPSA) is 41.5 Å². The fourth-order valence-corrected chi connectivity index (χ4v) is 5.11. The molecule has 0 aromatic heterocycles. The molecule has 5 atom stereocenters. The van der Waals surface area contributed by atoms with Crippen LogP contribution in [0, 0.1) is 17.8 Å². The van der Waals surface area contributed by atoms with Gasteiger partial charge in [0.2, 0.25) is 0 Å². The van der Waals surface area contributed by atoms with Crippen LogP contribution in [-0.4, -0.2) is 23.2 Å². The van der Waals surface area contributed by atoms with Crippen molar-refractivity contribution < 1.29 is 4.79 Å². The first-order valence-electron chi connectivity index (χ1n) is 8.05. The molecule has 104 valence electrons. The van der Waals surface area contributed by atoms with E-state index in [1.54, 1.807) is 0 Å². The standard InChI is InChI=1S/C16H24N2O/c1-10-3-2-6-16(10)14(19)9-15(18-16)17-13-8-11-4-5-12(13)7-11/h10-13H,2-9H2,1H3,(H,17,18)/t10?,11-,12+,13+,16?/m1/s1. The smallest absolute Gasteiger partial charge is 0.165 e. The Bertz CT molecular complexity index is 444. The molecule has 3 saturated carbocycles. The molecule has 0 amide bonds. The highest BCUT2D eigenvalue weighted by atomic mass is 16.1. The van der Waals surface area contributed by atoms with E-state index in [4.69, 9.17) is 4.99 Å². The second-order valence-corrected chi connectivity index (χ2v) is 7.31. The van der Waals surface area contributed by atoms with E-state index < -0.39 is 0 Å². The number of hydrogen-bond acceptors (Lipinski definition) is 2. The summed E-state index contributed by atoms with van der Waals surface area (Å²) in [6.45, 7) is 2.22. The van der Waals surface area contributed by atoms with E-state index in [-0.39, 0.29) is 5.54 Å². The molecule has 3 nitrogen and oxygen atoms in total. The van der Waals surface area contributed by atoms with Gasteiger partial charge in [-0.05, 0) is 49.9 Å². The molecule has 4 fully saturated rings. The molecule has 3 heteroatoms. The van der Waals surface area contributed by atoms with Crippen LogP contribution in [-0.2, 0) is 4.79 Å². The van der Waals surface area contributed by atoms with E-state index in [0.717, 1.165) is 24.1 Å². The first kappa shape index (κ1) is 11.9. The van der Waals surface area contributed by atoms with Crippen molar-refractivity contribution in [1.29, 1.82) is 0 Å². The number of Topliss-reactive ketones (excluding diaryl/α,β-unsaturated/α-hetero) is 1. The van der Waals surface area contributed by atoms with Crippen LogP contribution in [0.5, 0.6) is 0 Å². The summed E-state index contributed by atoms with van der Waals surface area (Å²) in [7, 11) is 0. The Morgan fingerprint density at radius 2 is 2.16 bits per heavy atom. The van der Waals surface area contributed by atoms with Crippen LogP contribution in [0.2, 0.25) is 0 Å². The zero-order chi connectivity index (χ0) is 13.0. The van der Waals surface area contributed by atoms with Crippen molar-refractivity contribution in [2.24, 2.45) is 22.7 Å². The molecule has 4 aliphatic rings. The van der Waals surface area contributed by atoms with Crippen LogP contribution in [0.3, 0.4) is 0 Å². The molecule has 1 spiro atoms. The van der Waals surface area contributed by atoms with E-state index in [0.29, 0.717) is 24.2 Å². The third-order valence-electron chi connectivity index (χ3n) is 6.26. The van der Waals surface area contributed by atoms with Crippen molar-refractivity contribution >= 4 is 11.6 Å². The monoisotopic (exact) mass is 260 g/mol. The number of aliphatic imine (C=N–C) groups is 1. The number of amidine groups is 1.